The smallest absolute Gasteiger partial charge is 0.744 e. The van der Waals surface area contributed by atoms with E-state index in [1.54, 1.807) is 30.5 Å². The molecule has 2 rings (SSSR count). The molecule has 1 amide bonds. The molecule has 11 heteroatoms. The van der Waals surface area contributed by atoms with Crippen molar-refractivity contribution in [2.75, 3.05) is 17.1 Å². The molecule has 0 saturated carbocycles. The molecule has 0 aliphatic rings. The van der Waals surface area contributed by atoms with E-state index >= 15 is 0 Å². The van der Waals surface area contributed by atoms with Crippen molar-refractivity contribution in [1.29, 1.82) is 0 Å². The Morgan fingerprint density at radius 1 is 1.12 bits per heavy atom. The van der Waals surface area contributed by atoms with Crippen LogP contribution in [0.15, 0.2) is 53.4 Å². The van der Waals surface area contributed by atoms with E-state index in [9.17, 15) is 17.8 Å². The number of hydrogen-bond acceptors (Lipinski definition) is 8. The second-order valence-corrected chi connectivity index (χ2v) is 6.29. The molecular weight excluding hydrogens is 379 g/mol. The minimum atomic E-state index is -4.62. The van der Waals surface area contributed by atoms with Crippen LogP contribution in [0.1, 0.15) is 10.4 Å². The average molecular weight is 392 g/mol. The first-order chi connectivity index (χ1) is 11.4. The average Bonchev–Trinajstić information content (AvgIpc) is 2.55. The molecular formula is C14H13N2NaO6S2. The van der Waals surface area contributed by atoms with E-state index in [1.165, 1.54) is 12.1 Å². The Labute approximate surface area is 171 Å². The van der Waals surface area contributed by atoms with Crippen LogP contribution in [0.4, 0.5) is 11.4 Å². The van der Waals surface area contributed by atoms with Crippen LogP contribution in [-0.2, 0) is 19.4 Å². The van der Waals surface area contributed by atoms with E-state index in [0.29, 0.717) is 11.4 Å². The van der Waals surface area contributed by atoms with E-state index in [0.717, 1.165) is 24.2 Å². The molecule has 0 bridgehead atoms. The summed E-state index contributed by atoms with van der Waals surface area (Å²) in [6.07, 6.45) is 1.68. The first-order valence-electron chi connectivity index (χ1n) is 6.50. The van der Waals surface area contributed by atoms with Crippen molar-refractivity contribution in [1.82, 2.24) is 0 Å². The quantitative estimate of drug-likeness (QED) is 0.160. The Morgan fingerprint density at radius 3 is 2.48 bits per heavy atom. The van der Waals surface area contributed by atoms with Gasteiger partial charge in [0.15, 0.2) is 0 Å². The number of carbonyl (C=O) groups is 1. The Balaban J connectivity index is 0.00000312. The fraction of sp³-hybridized carbons (Fsp3) is 0.0714. The fourth-order valence-electron chi connectivity index (χ4n) is 1.76. The summed E-state index contributed by atoms with van der Waals surface area (Å²) < 4.78 is 37.6. The minimum Gasteiger partial charge on any atom is -0.744 e. The van der Waals surface area contributed by atoms with Crippen molar-refractivity contribution in [3.63, 3.8) is 0 Å². The van der Waals surface area contributed by atoms with Crippen molar-refractivity contribution in [3.05, 3.63) is 54.1 Å². The summed E-state index contributed by atoms with van der Waals surface area (Å²) in [6.45, 7) is 0. The number of anilines is 2. The van der Waals surface area contributed by atoms with E-state index in [4.69, 9.17) is 0 Å². The topological polar surface area (TPSA) is 117 Å². The summed E-state index contributed by atoms with van der Waals surface area (Å²) in [5, 5.41) is 2.59. The molecule has 2 N–H and O–H groups in total. The maximum atomic E-state index is 12.2. The van der Waals surface area contributed by atoms with Crippen LogP contribution in [0.2, 0.25) is 0 Å². The van der Waals surface area contributed by atoms with Gasteiger partial charge in [-0.1, -0.05) is 12.1 Å². The van der Waals surface area contributed by atoms with Gasteiger partial charge < -0.3 is 9.87 Å². The van der Waals surface area contributed by atoms with Crippen LogP contribution in [0.25, 0.3) is 0 Å². The third-order valence-corrected chi connectivity index (χ3v) is 3.80. The Hall–Kier alpha value is -1.11. The van der Waals surface area contributed by atoms with Gasteiger partial charge in [0, 0.05) is 29.5 Å². The van der Waals surface area contributed by atoms with Gasteiger partial charge in [-0.2, -0.15) is 0 Å². The van der Waals surface area contributed by atoms with Crippen molar-refractivity contribution in [2.45, 2.75) is 4.90 Å². The van der Waals surface area contributed by atoms with E-state index in [2.05, 4.69) is 20.1 Å². The number of carbonyl (C=O) groups excluding carboxylic acids is 1. The molecule has 0 aliphatic heterocycles. The van der Waals surface area contributed by atoms with Crippen LogP contribution in [0, 0.1) is 0 Å². The van der Waals surface area contributed by atoms with Gasteiger partial charge in [0.05, 0.1) is 10.6 Å². The minimum absolute atomic E-state index is 0. The summed E-state index contributed by atoms with van der Waals surface area (Å²) >= 11 is 1.01. The molecule has 0 heterocycles. The van der Waals surface area contributed by atoms with E-state index in [-0.39, 0.29) is 35.1 Å². The molecule has 0 saturated heterocycles. The van der Waals surface area contributed by atoms with Gasteiger partial charge in [-0.3, -0.25) is 4.79 Å². The van der Waals surface area contributed by atoms with Crippen molar-refractivity contribution in [3.8, 4) is 0 Å². The molecule has 128 valence electrons. The molecule has 2 aromatic rings. The summed E-state index contributed by atoms with van der Waals surface area (Å²) in [5.41, 5.74) is 3.53. The molecule has 0 fully saturated rings. The normalized spacial score (nSPS) is 10.6. The van der Waals surface area contributed by atoms with Gasteiger partial charge in [-0.15, -0.1) is 9.32 Å². The van der Waals surface area contributed by atoms with Gasteiger partial charge >= 0.3 is 29.6 Å². The summed E-state index contributed by atoms with van der Waals surface area (Å²) in [5.74, 6) is -0.557. The van der Waals surface area contributed by atoms with Crippen LogP contribution < -0.4 is 40.4 Å². The van der Waals surface area contributed by atoms with Crippen molar-refractivity contribution < 1.29 is 56.6 Å². The maximum Gasteiger partial charge on any atom is 1.00 e. The van der Waals surface area contributed by atoms with Crippen molar-refractivity contribution >= 4 is 39.4 Å². The maximum absolute atomic E-state index is 12.2. The molecule has 0 spiro atoms. The fourth-order valence-corrected chi connectivity index (χ4v) is 2.37. The predicted octanol–water partition coefficient (Wildman–Crippen LogP) is -0.600. The standard InChI is InChI=1S/C14H14N2O6S2.Na/c1-23-22-21-16-12-6-3-5-11(9-12)15-14(17)10-4-2-7-13(8-10)24(18,19)20;/h2-9,16H,1H3,(H,15,17)(H,18,19,20);/q;+1/p-1. The third kappa shape index (κ3) is 6.96. The first-order valence-corrected chi connectivity index (χ1v) is 9.05. The van der Waals surface area contributed by atoms with Gasteiger partial charge in [-0.05, 0) is 36.4 Å². The van der Waals surface area contributed by atoms with Crippen LogP contribution in [0.5, 0.6) is 0 Å². The first kappa shape index (κ1) is 21.9. The number of benzene rings is 2. The molecule has 0 aromatic heterocycles. The predicted molar refractivity (Wildman–Crippen MR) is 88.1 cm³/mol. The number of rotatable bonds is 7. The number of nitrogens with one attached hydrogen (secondary N) is 2. The Bertz CT molecular complexity index is 832. The van der Waals surface area contributed by atoms with E-state index in [1.807, 2.05) is 0 Å². The second-order valence-electron chi connectivity index (χ2n) is 4.44. The second kappa shape index (κ2) is 10.1. The Kier molecular flexibility index (Phi) is 8.89. The molecule has 0 atom stereocenters. The molecule has 0 aliphatic carbocycles. The molecule has 25 heavy (non-hydrogen) atoms. The molecule has 0 radical (unpaired) electrons. The van der Waals surface area contributed by atoms with Crippen molar-refractivity contribution in [2.24, 2.45) is 0 Å². The summed E-state index contributed by atoms with van der Waals surface area (Å²) in [7, 11) is -4.62. The monoisotopic (exact) mass is 392 g/mol. The van der Waals surface area contributed by atoms with Gasteiger partial charge in [0.1, 0.15) is 10.1 Å². The van der Waals surface area contributed by atoms with Crippen LogP contribution in [0.3, 0.4) is 0 Å². The Morgan fingerprint density at radius 2 is 1.80 bits per heavy atom. The molecule has 8 nitrogen and oxygen atoms in total. The summed E-state index contributed by atoms with van der Waals surface area (Å²) in [6, 6.07) is 11.4. The van der Waals surface area contributed by atoms with Crippen LogP contribution >= 0.6 is 12.0 Å². The van der Waals surface area contributed by atoms with Gasteiger partial charge in [0.2, 0.25) is 0 Å². The largest absolute Gasteiger partial charge is 1.00 e. The zero-order chi connectivity index (χ0) is 17.6. The van der Waals surface area contributed by atoms with E-state index < -0.39 is 20.9 Å². The number of amides is 1. The molecule has 2 aromatic carbocycles. The third-order valence-electron chi connectivity index (χ3n) is 2.77. The van der Waals surface area contributed by atoms with Crippen LogP contribution in [-0.4, -0.2) is 25.1 Å². The SMILES string of the molecule is CSOONc1cccc(NC(=O)c2cccc(S(=O)(=O)[O-])c2)c1.[Na+]. The summed E-state index contributed by atoms with van der Waals surface area (Å²) in [4.78, 5) is 16.4. The van der Waals surface area contributed by atoms with Gasteiger partial charge in [-0.25, -0.2) is 13.9 Å². The molecule has 0 unspecified atom stereocenters. The zero-order valence-electron chi connectivity index (χ0n) is 13.4. The van der Waals surface area contributed by atoms with Gasteiger partial charge in [0.25, 0.3) is 5.91 Å². The number of hydrogen-bond donors (Lipinski definition) is 2. The zero-order valence-corrected chi connectivity index (χ0v) is 17.0.